The molecule has 0 heterocycles. The molecule has 48 valence electrons. The van der Waals surface area contributed by atoms with Gasteiger partial charge >= 0.3 is 0 Å². The van der Waals surface area contributed by atoms with Crippen LogP contribution in [-0.2, 0) is 0 Å². The van der Waals surface area contributed by atoms with Crippen LogP contribution in [0.3, 0.4) is 0 Å². The third kappa shape index (κ3) is 5.81. The number of hydrogen-bond donors (Lipinski definition) is 1. The molecule has 0 bridgehead atoms. The fourth-order valence-electron chi connectivity index (χ4n) is 0.333. The Balaban J connectivity index is 0. The number of nitrogens with two attached hydrogens (primary N) is 1. The fraction of sp³-hybridized carbons (Fsp3) is 0.667. The molecule has 0 aliphatic heterocycles. The second-order valence-electron chi connectivity index (χ2n) is 1.65. The fourth-order valence-corrected chi connectivity index (χ4v) is 0.333. The van der Waals surface area contributed by atoms with Crippen molar-refractivity contribution in [1.29, 1.82) is 0 Å². The Bertz CT molecular complexity index is 75.1. The lowest BCUT2D eigenvalue weighted by molar-refractivity contribution is 0.680. The van der Waals surface area contributed by atoms with Gasteiger partial charge in [0, 0.05) is 5.92 Å². The number of rotatable bonds is 2. The maximum Gasteiger partial charge on any atom is 0.0183 e. The van der Waals surface area contributed by atoms with Gasteiger partial charge < -0.3 is 5.73 Å². The Hall–Kier alpha value is -0.190. The summed E-state index contributed by atoms with van der Waals surface area (Å²) in [6, 6.07) is 0. The highest BCUT2D eigenvalue weighted by Crippen LogP contribution is 1.94. The molecule has 1 unspecified atom stereocenters. The molecule has 0 aromatic rings. The lowest BCUT2D eigenvalue weighted by Crippen LogP contribution is -2.03. The summed E-state index contributed by atoms with van der Waals surface area (Å²) >= 11 is 0. The Morgan fingerprint density at radius 3 is 2.38 bits per heavy atom. The average molecular weight is 134 g/mol. The number of hydrogen-bond acceptors (Lipinski definition) is 1. The summed E-state index contributed by atoms with van der Waals surface area (Å²) in [5.74, 6) is 2.94. The van der Waals surface area contributed by atoms with E-state index in [2.05, 4.69) is 5.92 Å². The van der Waals surface area contributed by atoms with Crippen molar-refractivity contribution in [2.75, 3.05) is 6.54 Å². The molecule has 8 heavy (non-hydrogen) atoms. The van der Waals surface area contributed by atoms with Crippen LogP contribution in [0.15, 0.2) is 0 Å². The predicted octanol–water partition coefficient (Wildman–Crippen LogP) is 1.03. The van der Waals surface area contributed by atoms with E-state index < -0.39 is 0 Å². The maximum atomic E-state index is 5.21. The SMILES string of the molecule is C#CC(C)CCN.Cl. The third-order valence-electron chi connectivity index (χ3n) is 0.884. The van der Waals surface area contributed by atoms with Crippen LogP contribution < -0.4 is 5.73 Å². The summed E-state index contributed by atoms with van der Waals surface area (Å²) in [7, 11) is 0. The van der Waals surface area contributed by atoms with Gasteiger partial charge in [0.15, 0.2) is 0 Å². The molecule has 0 fully saturated rings. The van der Waals surface area contributed by atoms with E-state index in [1.54, 1.807) is 0 Å². The molecule has 0 radical (unpaired) electrons. The molecule has 0 aromatic heterocycles. The van der Waals surface area contributed by atoms with E-state index in [-0.39, 0.29) is 12.4 Å². The van der Waals surface area contributed by atoms with Crippen LogP contribution in [-0.4, -0.2) is 6.54 Å². The quantitative estimate of drug-likeness (QED) is 0.560. The van der Waals surface area contributed by atoms with Gasteiger partial charge in [-0.05, 0) is 13.0 Å². The summed E-state index contributed by atoms with van der Waals surface area (Å²) in [6.45, 7) is 2.69. The summed E-state index contributed by atoms with van der Waals surface area (Å²) < 4.78 is 0. The van der Waals surface area contributed by atoms with Crippen molar-refractivity contribution in [2.45, 2.75) is 13.3 Å². The first kappa shape index (κ1) is 10.7. The monoisotopic (exact) mass is 133 g/mol. The molecule has 0 rings (SSSR count). The van der Waals surface area contributed by atoms with Gasteiger partial charge in [-0.15, -0.1) is 24.8 Å². The van der Waals surface area contributed by atoms with Gasteiger partial charge in [0.2, 0.25) is 0 Å². The first-order valence-corrected chi connectivity index (χ1v) is 2.47. The normalized spacial score (nSPS) is 11.1. The van der Waals surface area contributed by atoms with Crippen LogP contribution in [0.1, 0.15) is 13.3 Å². The van der Waals surface area contributed by atoms with E-state index in [0.717, 1.165) is 6.42 Å². The van der Waals surface area contributed by atoms with E-state index in [1.807, 2.05) is 6.92 Å². The minimum absolute atomic E-state index is 0. The van der Waals surface area contributed by atoms with Crippen molar-refractivity contribution in [3.8, 4) is 12.3 Å². The van der Waals surface area contributed by atoms with Gasteiger partial charge in [-0.25, -0.2) is 0 Å². The van der Waals surface area contributed by atoms with E-state index in [0.29, 0.717) is 12.5 Å². The van der Waals surface area contributed by atoms with Crippen molar-refractivity contribution < 1.29 is 0 Å². The lowest BCUT2D eigenvalue weighted by atomic mass is 10.1. The first-order valence-electron chi connectivity index (χ1n) is 2.47. The third-order valence-corrected chi connectivity index (χ3v) is 0.884. The highest BCUT2D eigenvalue weighted by molar-refractivity contribution is 5.85. The largest absolute Gasteiger partial charge is 0.330 e. The van der Waals surface area contributed by atoms with Crippen molar-refractivity contribution in [1.82, 2.24) is 0 Å². The van der Waals surface area contributed by atoms with Gasteiger partial charge in [-0.2, -0.15) is 0 Å². The molecule has 1 nitrogen and oxygen atoms in total. The first-order chi connectivity index (χ1) is 3.31. The lowest BCUT2D eigenvalue weighted by Gasteiger charge is -1.95. The van der Waals surface area contributed by atoms with Crippen molar-refractivity contribution in [2.24, 2.45) is 11.7 Å². The van der Waals surface area contributed by atoms with E-state index in [9.17, 15) is 0 Å². The minimum Gasteiger partial charge on any atom is -0.330 e. The molecule has 1 atom stereocenters. The predicted molar refractivity (Wildman–Crippen MR) is 38.9 cm³/mol. The van der Waals surface area contributed by atoms with Crippen molar-refractivity contribution in [3.63, 3.8) is 0 Å². The maximum absolute atomic E-state index is 5.21. The number of halogens is 1. The molecule has 0 saturated carbocycles. The summed E-state index contributed by atoms with van der Waals surface area (Å²) in [5, 5.41) is 0. The van der Waals surface area contributed by atoms with Crippen LogP contribution in [0.2, 0.25) is 0 Å². The van der Waals surface area contributed by atoms with Crippen molar-refractivity contribution >= 4 is 12.4 Å². The highest BCUT2D eigenvalue weighted by Gasteiger charge is 1.90. The van der Waals surface area contributed by atoms with E-state index in [1.165, 1.54) is 0 Å². The van der Waals surface area contributed by atoms with Crippen LogP contribution in [0.25, 0.3) is 0 Å². The molecule has 2 N–H and O–H groups in total. The Morgan fingerprint density at radius 2 is 2.25 bits per heavy atom. The van der Waals surface area contributed by atoms with Gasteiger partial charge in [-0.1, -0.05) is 6.92 Å². The van der Waals surface area contributed by atoms with Crippen molar-refractivity contribution in [3.05, 3.63) is 0 Å². The zero-order chi connectivity index (χ0) is 5.70. The van der Waals surface area contributed by atoms with Crippen LogP contribution in [0, 0.1) is 18.3 Å². The molecular formula is C6H12ClN. The van der Waals surface area contributed by atoms with Gasteiger partial charge in [-0.3, -0.25) is 0 Å². The zero-order valence-electron chi connectivity index (χ0n) is 5.05. The average Bonchev–Trinajstić information content (AvgIpc) is 1.68. The second-order valence-corrected chi connectivity index (χ2v) is 1.65. The van der Waals surface area contributed by atoms with Crippen LogP contribution >= 0.6 is 12.4 Å². The van der Waals surface area contributed by atoms with Gasteiger partial charge in [0.1, 0.15) is 0 Å². The molecule has 0 aliphatic rings. The Labute approximate surface area is 57.1 Å². The smallest absolute Gasteiger partial charge is 0.0183 e. The second kappa shape index (κ2) is 6.81. The summed E-state index contributed by atoms with van der Waals surface area (Å²) in [5.41, 5.74) is 5.21. The zero-order valence-corrected chi connectivity index (χ0v) is 5.87. The molecule has 0 amide bonds. The standard InChI is InChI=1S/C6H11N.ClH/c1-3-6(2)4-5-7;/h1,6H,4-5,7H2,2H3;1H. The molecule has 0 aromatic carbocycles. The Kier molecular flexibility index (Phi) is 9.13. The molecule has 0 saturated heterocycles. The number of terminal acetylenes is 1. The van der Waals surface area contributed by atoms with E-state index in [4.69, 9.17) is 12.2 Å². The Morgan fingerprint density at radius 1 is 1.75 bits per heavy atom. The topological polar surface area (TPSA) is 26.0 Å². The summed E-state index contributed by atoms with van der Waals surface area (Å²) in [4.78, 5) is 0. The van der Waals surface area contributed by atoms with Crippen LogP contribution in [0.5, 0.6) is 0 Å². The molecule has 2 heteroatoms. The van der Waals surface area contributed by atoms with Crippen LogP contribution in [0.4, 0.5) is 0 Å². The van der Waals surface area contributed by atoms with Gasteiger partial charge in [0.25, 0.3) is 0 Å². The minimum atomic E-state index is 0. The molecular weight excluding hydrogens is 122 g/mol. The molecule has 0 aliphatic carbocycles. The van der Waals surface area contributed by atoms with Gasteiger partial charge in [0.05, 0.1) is 0 Å². The highest BCUT2D eigenvalue weighted by atomic mass is 35.5. The van der Waals surface area contributed by atoms with E-state index >= 15 is 0 Å². The molecule has 0 spiro atoms. The summed E-state index contributed by atoms with van der Waals surface area (Å²) in [6.07, 6.45) is 5.99.